The molecule has 112 valence electrons. The van der Waals surface area contributed by atoms with Crippen LogP contribution in [0, 0.1) is 11.8 Å². The highest BCUT2D eigenvalue weighted by Gasteiger charge is 2.44. The van der Waals surface area contributed by atoms with Crippen molar-refractivity contribution in [1.29, 1.82) is 0 Å². The molecule has 2 unspecified atom stereocenters. The quantitative estimate of drug-likeness (QED) is 0.792. The van der Waals surface area contributed by atoms with E-state index >= 15 is 0 Å². The fourth-order valence-electron chi connectivity index (χ4n) is 4.35. The second kappa shape index (κ2) is 6.58. The van der Waals surface area contributed by atoms with Crippen LogP contribution in [0.1, 0.15) is 72.1 Å². The summed E-state index contributed by atoms with van der Waals surface area (Å²) in [5, 5.41) is 0. The molecule has 19 heavy (non-hydrogen) atoms. The van der Waals surface area contributed by atoms with Gasteiger partial charge in [-0.25, -0.2) is 0 Å². The first kappa shape index (κ1) is 15.3. The Bertz CT molecular complexity index is 270. The van der Waals surface area contributed by atoms with Gasteiger partial charge in [0.1, 0.15) is 0 Å². The molecule has 2 heteroatoms. The van der Waals surface area contributed by atoms with Gasteiger partial charge in [0, 0.05) is 18.1 Å². The topological polar surface area (TPSA) is 29.3 Å². The zero-order chi connectivity index (χ0) is 13.9. The van der Waals surface area contributed by atoms with Crippen LogP contribution in [0.15, 0.2) is 0 Å². The fourth-order valence-corrected chi connectivity index (χ4v) is 4.35. The summed E-state index contributed by atoms with van der Waals surface area (Å²) in [6, 6.07) is 0.826. The molecular formula is C17H34N2. The first-order valence-corrected chi connectivity index (χ1v) is 8.54. The van der Waals surface area contributed by atoms with E-state index in [1.54, 1.807) is 0 Å². The standard InChI is InChI=1S/C17H34N2/c1-14(2)9-11-19(16-6-4-5-7-16)17(13-18)10-8-15(3)12-17/h14-16H,4-13,18H2,1-3H3. The molecule has 2 atom stereocenters. The maximum atomic E-state index is 6.26. The van der Waals surface area contributed by atoms with E-state index in [2.05, 4.69) is 25.7 Å². The van der Waals surface area contributed by atoms with Gasteiger partial charge in [0.2, 0.25) is 0 Å². The van der Waals surface area contributed by atoms with Crippen LogP contribution in [0.5, 0.6) is 0 Å². The van der Waals surface area contributed by atoms with Gasteiger partial charge < -0.3 is 5.73 Å². The second-order valence-corrected chi connectivity index (χ2v) is 7.59. The summed E-state index contributed by atoms with van der Waals surface area (Å²) in [7, 11) is 0. The third kappa shape index (κ3) is 3.52. The molecule has 0 aliphatic heterocycles. The summed E-state index contributed by atoms with van der Waals surface area (Å²) in [4.78, 5) is 2.86. The molecule has 2 aliphatic rings. The highest BCUT2D eigenvalue weighted by Crippen LogP contribution is 2.42. The predicted octanol–water partition coefficient (Wildman–Crippen LogP) is 3.79. The fraction of sp³-hybridized carbons (Fsp3) is 1.00. The zero-order valence-corrected chi connectivity index (χ0v) is 13.3. The first-order chi connectivity index (χ1) is 9.07. The average molecular weight is 266 g/mol. The van der Waals surface area contributed by atoms with Gasteiger partial charge >= 0.3 is 0 Å². The molecule has 2 rings (SSSR count). The Morgan fingerprint density at radius 2 is 1.89 bits per heavy atom. The first-order valence-electron chi connectivity index (χ1n) is 8.54. The molecule has 2 aliphatic carbocycles. The van der Waals surface area contributed by atoms with Gasteiger partial charge in [-0.15, -0.1) is 0 Å². The third-order valence-corrected chi connectivity index (χ3v) is 5.53. The molecule has 0 heterocycles. The zero-order valence-electron chi connectivity index (χ0n) is 13.3. The Morgan fingerprint density at radius 1 is 1.21 bits per heavy atom. The van der Waals surface area contributed by atoms with E-state index in [0.29, 0.717) is 5.54 Å². The van der Waals surface area contributed by atoms with Crippen molar-refractivity contribution in [1.82, 2.24) is 4.90 Å². The molecule has 0 saturated heterocycles. The summed E-state index contributed by atoms with van der Waals surface area (Å²) < 4.78 is 0. The maximum Gasteiger partial charge on any atom is 0.0337 e. The van der Waals surface area contributed by atoms with Crippen LogP contribution < -0.4 is 5.73 Å². The third-order valence-electron chi connectivity index (χ3n) is 5.53. The van der Waals surface area contributed by atoms with Crippen molar-refractivity contribution in [3.63, 3.8) is 0 Å². The second-order valence-electron chi connectivity index (χ2n) is 7.59. The lowest BCUT2D eigenvalue weighted by Gasteiger charge is -2.45. The van der Waals surface area contributed by atoms with Crippen molar-refractivity contribution >= 4 is 0 Å². The molecule has 0 amide bonds. The van der Waals surface area contributed by atoms with E-state index in [1.807, 2.05) is 0 Å². The van der Waals surface area contributed by atoms with E-state index < -0.39 is 0 Å². The highest BCUT2D eigenvalue weighted by molar-refractivity contribution is 5.01. The minimum atomic E-state index is 0.337. The van der Waals surface area contributed by atoms with E-state index in [9.17, 15) is 0 Å². The molecule has 0 aromatic carbocycles. The highest BCUT2D eigenvalue weighted by atomic mass is 15.2. The van der Waals surface area contributed by atoms with Gasteiger partial charge in [-0.1, -0.05) is 33.6 Å². The normalized spacial score (nSPS) is 32.8. The van der Waals surface area contributed by atoms with Crippen LogP contribution in [0.4, 0.5) is 0 Å². The van der Waals surface area contributed by atoms with Crippen molar-refractivity contribution < 1.29 is 0 Å². The van der Waals surface area contributed by atoms with E-state index in [0.717, 1.165) is 24.4 Å². The minimum absolute atomic E-state index is 0.337. The monoisotopic (exact) mass is 266 g/mol. The van der Waals surface area contributed by atoms with Gasteiger partial charge in [0.05, 0.1) is 0 Å². The predicted molar refractivity (Wildman–Crippen MR) is 83.2 cm³/mol. The van der Waals surface area contributed by atoms with E-state index in [4.69, 9.17) is 5.73 Å². The summed E-state index contributed by atoms with van der Waals surface area (Å²) >= 11 is 0. The van der Waals surface area contributed by atoms with Gasteiger partial charge in [-0.2, -0.15) is 0 Å². The molecule has 0 spiro atoms. The lowest BCUT2D eigenvalue weighted by atomic mass is 9.90. The Labute approximate surface area is 120 Å². The largest absolute Gasteiger partial charge is 0.329 e. The van der Waals surface area contributed by atoms with Gasteiger partial charge in [0.25, 0.3) is 0 Å². The number of rotatable bonds is 6. The number of nitrogens with two attached hydrogens (primary N) is 1. The summed E-state index contributed by atoms with van der Waals surface area (Å²) in [5.74, 6) is 1.67. The smallest absolute Gasteiger partial charge is 0.0337 e. The summed E-state index contributed by atoms with van der Waals surface area (Å²) in [5.41, 5.74) is 6.60. The maximum absolute atomic E-state index is 6.26. The summed E-state index contributed by atoms with van der Waals surface area (Å²) in [6.45, 7) is 9.24. The van der Waals surface area contributed by atoms with Crippen LogP contribution in [0.25, 0.3) is 0 Å². The number of hydrogen-bond donors (Lipinski definition) is 1. The van der Waals surface area contributed by atoms with Crippen LogP contribution in [-0.2, 0) is 0 Å². The molecule has 2 nitrogen and oxygen atoms in total. The van der Waals surface area contributed by atoms with Crippen molar-refractivity contribution in [2.45, 2.75) is 83.7 Å². The molecule has 0 aromatic heterocycles. The van der Waals surface area contributed by atoms with Crippen molar-refractivity contribution in [3.8, 4) is 0 Å². The van der Waals surface area contributed by atoms with Gasteiger partial charge in [0.15, 0.2) is 0 Å². The minimum Gasteiger partial charge on any atom is -0.329 e. The lowest BCUT2D eigenvalue weighted by Crippen LogP contribution is -2.56. The van der Waals surface area contributed by atoms with Crippen LogP contribution >= 0.6 is 0 Å². The molecular weight excluding hydrogens is 232 g/mol. The Hall–Kier alpha value is -0.0800. The number of hydrogen-bond acceptors (Lipinski definition) is 2. The molecule has 2 N–H and O–H groups in total. The summed E-state index contributed by atoms with van der Waals surface area (Å²) in [6.07, 6.45) is 11.0. The van der Waals surface area contributed by atoms with E-state index in [-0.39, 0.29) is 0 Å². The SMILES string of the molecule is CC(C)CCN(C1CCCC1)C1(CN)CCC(C)C1. The molecule has 0 radical (unpaired) electrons. The Balaban J connectivity index is 2.09. The van der Waals surface area contributed by atoms with E-state index in [1.165, 1.54) is 57.9 Å². The number of nitrogens with zero attached hydrogens (tertiary/aromatic N) is 1. The molecule has 0 aromatic rings. The van der Waals surface area contributed by atoms with Crippen molar-refractivity contribution in [2.24, 2.45) is 17.6 Å². The molecule has 2 saturated carbocycles. The Kier molecular flexibility index (Phi) is 5.30. The van der Waals surface area contributed by atoms with Crippen LogP contribution in [0.3, 0.4) is 0 Å². The molecule has 0 bridgehead atoms. The lowest BCUT2D eigenvalue weighted by molar-refractivity contribution is 0.0463. The van der Waals surface area contributed by atoms with Crippen molar-refractivity contribution in [3.05, 3.63) is 0 Å². The average Bonchev–Trinajstić information content (AvgIpc) is 3.00. The molecule has 2 fully saturated rings. The van der Waals surface area contributed by atoms with Crippen LogP contribution in [0.2, 0.25) is 0 Å². The van der Waals surface area contributed by atoms with Gasteiger partial charge in [-0.3, -0.25) is 4.90 Å². The van der Waals surface area contributed by atoms with Gasteiger partial charge in [-0.05, 0) is 56.9 Å². The van der Waals surface area contributed by atoms with Crippen molar-refractivity contribution in [2.75, 3.05) is 13.1 Å². The van der Waals surface area contributed by atoms with Crippen LogP contribution in [-0.4, -0.2) is 29.6 Å². The Morgan fingerprint density at radius 3 is 2.37 bits per heavy atom.